The molecule has 0 saturated heterocycles. The number of unbranched alkanes of at least 4 members (excludes halogenated alkanes) is 4. The van der Waals surface area contributed by atoms with Crippen LogP contribution in [0.15, 0.2) is 0 Å². The van der Waals surface area contributed by atoms with Gasteiger partial charge in [-0.05, 0) is 71.1 Å². The predicted octanol–water partition coefficient (Wildman–Crippen LogP) is 6.60. The Balaban J connectivity index is 0.000000526. The number of aldehydes is 1. The second-order valence-electron chi connectivity index (χ2n) is 7.69. The maximum atomic E-state index is 10.0. The van der Waals surface area contributed by atoms with E-state index in [0.717, 1.165) is 41.6 Å². The summed E-state index contributed by atoms with van der Waals surface area (Å²) >= 11 is 0. The lowest BCUT2D eigenvalue weighted by molar-refractivity contribution is -0.106. The normalized spacial score (nSPS) is 14.0. The summed E-state index contributed by atoms with van der Waals surface area (Å²) in [4.78, 5) is 8.81. The first-order chi connectivity index (χ1) is 12.2. The Labute approximate surface area is 161 Å². The summed E-state index contributed by atoms with van der Waals surface area (Å²) in [7, 11) is 0. The Morgan fingerprint density at radius 2 is 1.50 bits per heavy atom. The van der Waals surface area contributed by atoms with Gasteiger partial charge in [-0.3, -0.25) is 0 Å². The van der Waals surface area contributed by atoms with E-state index in [1.807, 2.05) is 20.8 Å². The fourth-order valence-electron chi connectivity index (χ4n) is 3.04. The van der Waals surface area contributed by atoms with Crippen molar-refractivity contribution in [2.75, 3.05) is 0 Å². The van der Waals surface area contributed by atoms with Crippen LogP contribution in [-0.2, 0) is 11.2 Å². The van der Waals surface area contributed by atoms with Crippen LogP contribution in [0.2, 0.25) is 0 Å². The van der Waals surface area contributed by atoms with Crippen LogP contribution in [0.4, 0.5) is 0 Å². The maximum Gasteiger partial charge on any atom is 0.127 e. The Kier molecular flexibility index (Phi) is 11.3. The van der Waals surface area contributed by atoms with Crippen molar-refractivity contribution in [3.8, 4) is 11.5 Å². The fraction of sp³-hybridized carbons (Fsp3) is 0.696. The number of hydrogen-bond acceptors (Lipinski definition) is 3. The van der Waals surface area contributed by atoms with Gasteiger partial charge < -0.3 is 14.6 Å². The molecule has 0 spiro atoms. The number of carbonyl (C=O) groups excluding carboxylic acids is 1. The average molecular weight is 365 g/mol. The zero-order valence-electron chi connectivity index (χ0n) is 18.3. The minimum Gasteiger partial charge on any atom is -0.507 e. The average Bonchev–Trinajstić information content (AvgIpc) is 2.59. The van der Waals surface area contributed by atoms with Crippen molar-refractivity contribution in [3.63, 3.8) is 0 Å². The van der Waals surface area contributed by atoms with E-state index >= 15 is 0 Å². The van der Waals surface area contributed by atoms with Gasteiger partial charge in [0, 0.05) is 5.56 Å². The van der Waals surface area contributed by atoms with E-state index in [2.05, 4.69) is 27.7 Å². The number of phenols is 1. The second-order valence-corrected chi connectivity index (χ2v) is 7.69. The van der Waals surface area contributed by atoms with Crippen LogP contribution in [-0.4, -0.2) is 17.0 Å². The zero-order chi connectivity index (χ0) is 20.3. The van der Waals surface area contributed by atoms with Gasteiger partial charge in [0.25, 0.3) is 0 Å². The van der Waals surface area contributed by atoms with Gasteiger partial charge in [-0.1, -0.05) is 46.0 Å². The highest BCUT2D eigenvalue weighted by molar-refractivity contribution is 5.58. The smallest absolute Gasteiger partial charge is 0.127 e. The van der Waals surface area contributed by atoms with Gasteiger partial charge in [-0.25, -0.2) is 0 Å². The second kappa shape index (κ2) is 12.0. The largest absolute Gasteiger partial charge is 0.507 e. The van der Waals surface area contributed by atoms with Crippen molar-refractivity contribution in [2.24, 2.45) is 0 Å². The standard InChI is InChI=1S/C14H20O2.C7H16.C2H4O/c1-8-9(2)13-11(10(3)12(8)15)6-7-14(4,5)16-13;1-3-5-7-6-4-2;1-2-3/h15H,6-7H2,1-5H3;3-7H2,1-2H3;2H,1H3. The summed E-state index contributed by atoms with van der Waals surface area (Å²) < 4.78 is 6.06. The van der Waals surface area contributed by atoms with Crippen LogP contribution < -0.4 is 4.74 Å². The molecule has 0 atom stereocenters. The summed E-state index contributed by atoms with van der Waals surface area (Å²) in [6.07, 6.45) is 9.75. The van der Waals surface area contributed by atoms with E-state index in [9.17, 15) is 5.11 Å². The quantitative estimate of drug-likeness (QED) is 0.483. The summed E-state index contributed by atoms with van der Waals surface area (Å²) in [6.45, 7) is 16.1. The van der Waals surface area contributed by atoms with Gasteiger partial charge in [0.1, 0.15) is 23.4 Å². The molecule has 0 fully saturated rings. The Bertz CT molecular complexity index is 555. The highest BCUT2D eigenvalue weighted by atomic mass is 16.5. The van der Waals surface area contributed by atoms with Gasteiger partial charge in [0.15, 0.2) is 0 Å². The molecule has 0 unspecified atom stereocenters. The molecule has 3 nitrogen and oxygen atoms in total. The van der Waals surface area contributed by atoms with Crippen molar-refractivity contribution < 1.29 is 14.6 Å². The number of benzene rings is 1. The highest BCUT2D eigenvalue weighted by Crippen LogP contribution is 2.42. The molecular formula is C23H40O3. The molecule has 1 aromatic rings. The lowest BCUT2D eigenvalue weighted by Crippen LogP contribution is -2.33. The molecule has 0 aliphatic carbocycles. The fourth-order valence-corrected chi connectivity index (χ4v) is 3.04. The first-order valence-electron chi connectivity index (χ1n) is 10.1. The van der Waals surface area contributed by atoms with Crippen LogP contribution in [0.25, 0.3) is 0 Å². The minimum absolute atomic E-state index is 0.0897. The van der Waals surface area contributed by atoms with Crippen molar-refractivity contribution in [1.82, 2.24) is 0 Å². The molecule has 0 aromatic heterocycles. The Hall–Kier alpha value is -1.51. The first kappa shape index (κ1) is 24.5. The number of hydrogen-bond donors (Lipinski definition) is 1. The molecule has 2 rings (SSSR count). The van der Waals surface area contributed by atoms with Gasteiger partial charge in [0.05, 0.1) is 0 Å². The van der Waals surface area contributed by atoms with Crippen molar-refractivity contribution in [1.29, 1.82) is 0 Å². The van der Waals surface area contributed by atoms with Crippen molar-refractivity contribution in [2.45, 2.75) is 106 Å². The molecule has 0 bridgehead atoms. The number of aromatic hydroxyl groups is 1. The molecule has 26 heavy (non-hydrogen) atoms. The van der Waals surface area contributed by atoms with Crippen LogP contribution in [0.3, 0.4) is 0 Å². The number of rotatable bonds is 4. The monoisotopic (exact) mass is 364 g/mol. The van der Waals surface area contributed by atoms with E-state index in [4.69, 9.17) is 9.53 Å². The van der Waals surface area contributed by atoms with E-state index < -0.39 is 0 Å². The van der Waals surface area contributed by atoms with Crippen LogP contribution in [0.5, 0.6) is 11.5 Å². The molecule has 150 valence electrons. The van der Waals surface area contributed by atoms with Gasteiger partial charge in [0.2, 0.25) is 0 Å². The number of ether oxygens (including phenoxy) is 1. The number of carbonyl (C=O) groups is 1. The topological polar surface area (TPSA) is 46.5 Å². The Morgan fingerprint density at radius 3 is 1.96 bits per heavy atom. The summed E-state index contributed by atoms with van der Waals surface area (Å²) in [6, 6.07) is 0. The highest BCUT2D eigenvalue weighted by Gasteiger charge is 2.30. The molecule has 1 aromatic carbocycles. The minimum atomic E-state index is -0.0897. The van der Waals surface area contributed by atoms with Crippen LogP contribution in [0, 0.1) is 20.8 Å². The summed E-state index contributed by atoms with van der Waals surface area (Å²) in [5, 5.41) is 10.0. The van der Waals surface area contributed by atoms with Gasteiger partial charge in [-0.15, -0.1) is 0 Å². The van der Waals surface area contributed by atoms with Crippen molar-refractivity contribution >= 4 is 6.29 Å². The third-order valence-corrected chi connectivity index (χ3v) is 4.90. The molecule has 0 saturated carbocycles. The summed E-state index contributed by atoms with van der Waals surface area (Å²) in [5.41, 5.74) is 4.08. The molecule has 1 aliphatic heterocycles. The molecule has 1 aliphatic rings. The maximum absolute atomic E-state index is 10.0. The molecule has 3 heteroatoms. The van der Waals surface area contributed by atoms with Crippen LogP contribution in [0.1, 0.15) is 95.4 Å². The van der Waals surface area contributed by atoms with Crippen LogP contribution >= 0.6 is 0 Å². The SMILES string of the molecule is CC=O.CCCCCCC.Cc1c(C)c2c(c(C)c1O)CCC(C)(C)O2. The number of phenolic OH excluding ortho intramolecular Hbond substituents is 1. The molecule has 0 radical (unpaired) electrons. The third kappa shape index (κ3) is 7.39. The predicted molar refractivity (Wildman–Crippen MR) is 112 cm³/mol. The Morgan fingerprint density at radius 1 is 1.00 bits per heavy atom. The van der Waals surface area contributed by atoms with Crippen molar-refractivity contribution in [3.05, 3.63) is 22.3 Å². The lowest BCUT2D eigenvalue weighted by atomic mass is 9.88. The molecule has 1 heterocycles. The molecular weight excluding hydrogens is 324 g/mol. The van der Waals surface area contributed by atoms with E-state index in [0.29, 0.717) is 5.75 Å². The first-order valence-corrected chi connectivity index (χ1v) is 10.1. The molecule has 1 N–H and O–H groups in total. The lowest BCUT2D eigenvalue weighted by Gasteiger charge is -2.35. The van der Waals surface area contributed by atoms with E-state index in [1.54, 1.807) is 0 Å². The van der Waals surface area contributed by atoms with E-state index in [-0.39, 0.29) is 5.60 Å². The third-order valence-electron chi connectivity index (χ3n) is 4.90. The van der Waals surface area contributed by atoms with Gasteiger partial charge in [-0.2, -0.15) is 0 Å². The summed E-state index contributed by atoms with van der Waals surface area (Å²) in [5.74, 6) is 1.42. The molecule has 0 amide bonds. The zero-order valence-corrected chi connectivity index (χ0v) is 18.3. The number of fused-ring (bicyclic) bond motifs is 1. The van der Waals surface area contributed by atoms with Gasteiger partial charge >= 0.3 is 0 Å². The van der Waals surface area contributed by atoms with E-state index in [1.165, 1.54) is 44.6 Å².